The molecule has 0 saturated carbocycles. The van der Waals surface area contributed by atoms with E-state index in [0.29, 0.717) is 12.1 Å². The molecule has 1 N–H and O–H groups in total. The van der Waals surface area contributed by atoms with Crippen molar-refractivity contribution in [3.05, 3.63) is 65.7 Å². The number of fused-ring (bicyclic) bond motifs is 1. The largest absolute Gasteiger partial charge is 0.497 e. The van der Waals surface area contributed by atoms with Crippen LogP contribution in [0.25, 0.3) is 27.5 Å². The Labute approximate surface area is 196 Å². The number of benzene rings is 1. The van der Waals surface area contributed by atoms with Gasteiger partial charge in [0.15, 0.2) is 0 Å². The zero-order valence-corrected chi connectivity index (χ0v) is 19.3. The van der Waals surface area contributed by atoms with Gasteiger partial charge in [0.1, 0.15) is 10.8 Å². The average molecular weight is 463 g/mol. The van der Waals surface area contributed by atoms with Crippen LogP contribution in [0.3, 0.4) is 0 Å². The molecule has 33 heavy (non-hydrogen) atoms. The SMILES string of the molecule is COc1cccc(-c2nc(-c3cc(C(=O)NCCN4CCOCC4)c4ccccn34)cs2)c1. The van der Waals surface area contributed by atoms with Gasteiger partial charge >= 0.3 is 0 Å². The molecule has 5 rings (SSSR count). The molecule has 0 radical (unpaired) electrons. The van der Waals surface area contributed by atoms with Crippen LogP contribution in [0.4, 0.5) is 0 Å². The van der Waals surface area contributed by atoms with Gasteiger partial charge in [-0.15, -0.1) is 11.3 Å². The lowest BCUT2D eigenvalue weighted by molar-refractivity contribution is 0.0383. The second-order valence-corrected chi connectivity index (χ2v) is 8.74. The summed E-state index contributed by atoms with van der Waals surface area (Å²) < 4.78 is 12.8. The van der Waals surface area contributed by atoms with Crippen LogP contribution in [0.1, 0.15) is 10.4 Å². The van der Waals surface area contributed by atoms with E-state index in [9.17, 15) is 4.79 Å². The van der Waals surface area contributed by atoms with Crippen molar-refractivity contribution in [2.24, 2.45) is 0 Å². The number of carbonyl (C=O) groups is 1. The Balaban J connectivity index is 1.38. The van der Waals surface area contributed by atoms with Gasteiger partial charge in [0, 0.05) is 43.3 Å². The molecule has 1 saturated heterocycles. The molecule has 7 nitrogen and oxygen atoms in total. The van der Waals surface area contributed by atoms with E-state index in [0.717, 1.165) is 66.1 Å². The quantitative estimate of drug-likeness (QED) is 0.453. The number of rotatable bonds is 7. The molecule has 0 spiro atoms. The lowest BCUT2D eigenvalue weighted by Gasteiger charge is -2.26. The maximum absolute atomic E-state index is 13.0. The molecule has 4 aromatic rings. The number of hydrogen-bond acceptors (Lipinski definition) is 6. The number of aromatic nitrogens is 2. The van der Waals surface area contributed by atoms with Gasteiger partial charge < -0.3 is 19.2 Å². The summed E-state index contributed by atoms with van der Waals surface area (Å²) in [6.45, 7) is 4.77. The second-order valence-electron chi connectivity index (χ2n) is 7.88. The smallest absolute Gasteiger partial charge is 0.253 e. The van der Waals surface area contributed by atoms with Gasteiger partial charge in [-0.25, -0.2) is 4.98 Å². The topological polar surface area (TPSA) is 68.1 Å². The summed E-state index contributed by atoms with van der Waals surface area (Å²) in [4.78, 5) is 20.2. The van der Waals surface area contributed by atoms with Crippen molar-refractivity contribution in [1.29, 1.82) is 0 Å². The molecule has 1 aliphatic heterocycles. The first kappa shape index (κ1) is 21.6. The first-order valence-corrected chi connectivity index (χ1v) is 11.9. The summed E-state index contributed by atoms with van der Waals surface area (Å²) in [6.07, 6.45) is 1.97. The second kappa shape index (κ2) is 9.74. The average Bonchev–Trinajstić information content (AvgIpc) is 3.50. The lowest BCUT2D eigenvalue weighted by atomic mass is 10.2. The van der Waals surface area contributed by atoms with Crippen molar-refractivity contribution in [1.82, 2.24) is 19.6 Å². The molecular weight excluding hydrogens is 436 g/mol. The van der Waals surface area contributed by atoms with E-state index in [-0.39, 0.29) is 5.91 Å². The van der Waals surface area contributed by atoms with Crippen molar-refractivity contribution in [3.63, 3.8) is 0 Å². The number of carbonyl (C=O) groups excluding carboxylic acids is 1. The number of thiazole rings is 1. The summed E-state index contributed by atoms with van der Waals surface area (Å²) in [7, 11) is 1.66. The van der Waals surface area contributed by atoms with Gasteiger partial charge in [0.25, 0.3) is 5.91 Å². The van der Waals surface area contributed by atoms with Crippen molar-refractivity contribution in [2.75, 3.05) is 46.5 Å². The molecule has 1 aliphatic rings. The van der Waals surface area contributed by atoms with Gasteiger partial charge in [-0.1, -0.05) is 18.2 Å². The standard InChI is InChI=1S/C25H26N4O3S/c1-31-19-6-4-5-18(15-19)25-27-21(17-33-25)23-16-20(22-7-2-3-9-29(22)23)24(30)26-8-10-28-11-13-32-14-12-28/h2-7,9,15-17H,8,10-14H2,1H3,(H,26,30). The third kappa shape index (κ3) is 4.64. The van der Waals surface area contributed by atoms with Crippen molar-refractivity contribution >= 4 is 22.8 Å². The number of nitrogens with zero attached hydrogens (tertiary/aromatic N) is 3. The number of morpholine rings is 1. The number of pyridine rings is 1. The highest BCUT2D eigenvalue weighted by Gasteiger charge is 2.19. The molecule has 1 aromatic carbocycles. The van der Waals surface area contributed by atoms with Gasteiger partial charge in [0.2, 0.25) is 0 Å². The molecular formula is C25H26N4O3S. The van der Waals surface area contributed by atoms with E-state index in [4.69, 9.17) is 14.5 Å². The van der Waals surface area contributed by atoms with Crippen LogP contribution in [-0.2, 0) is 4.74 Å². The summed E-state index contributed by atoms with van der Waals surface area (Å²) in [5.41, 5.74) is 4.27. The number of hydrogen-bond donors (Lipinski definition) is 1. The summed E-state index contributed by atoms with van der Waals surface area (Å²) in [6, 6.07) is 15.7. The predicted octanol–water partition coefficient (Wildman–Crippen LogP) is 3.80. The van der Waals surface area contributed by atoms with E-state index >= 15 is 0 Å². The Morgan fingerprint density at radius 1 is 1.18 bits per heavy atom. The highest BCUT2D eigenvalue weighted by atomic mass is 32.1. The van der Waals surface area contributed by atoms with E-state index < -0.39 is 0 Å². The highest BCUT2D eigenvalue weighted by molar-refractivity contribution is 7.13. The molecule has 170 valence electrons. The highest BCUT2D eigenvalue weighted by Crippen LogP contribution is 2.32. The third-order valence-electron chi connectivity index (χ3n) is 5.82. The molecule has 0 aliphatic carbocycles. The fourth-order valence-electron chi connectivity index (χ4n) is 4.06. The normalized spacial score (nSPS) is 14.5. The lowest BCUT2D eigenvalue weighted by Crippen LogP contribution is -2.41. The fourth-order valence-corrected chi connectivity index (χ4v) is 4.87. The van der Waals surface area contributed by atoms with Crippen molar-refractivity contribution in [2.45, 2.75) is 0 Å². The van der Waals surface area contributed by atoms with Gasteiger partial charge in [-0.2, -0.15) is 0 Å². The fraction of sp³-hybridized carbons (Fsp3) is 0.280. The number of amides is 1. The minimum absolute atomic E-state index is 0.0681. The van der Waals surface area contributed by atoms with Crippen LogP contribution in [0.2, 0.25) is 0 Å². The zero-order chi connectivity index (χ0) is 22.6. The molecule has 3 aromatic heterocycles. The summed E-state index contributed by atoms with van der Waals surface area (Å²) in [5.74, 6) is 0.731. The van der Waals surface area contributed by atoms with Crippen molar-refractivity contribution < 1.29 is 14.3 Å². The molecule has 1 amide bonds. The van der Waals surface area contributed by atoms with Gasteiger partial charge in [-0.05, 0) is 30.3 Å². The molecule has 0 unspecified atom stereocenters. The van der Waals surface area contributed by atoms with Crippen LogP contribution in [0.5, 0.6) is 5.75 Å². The summed E-state index contributed by atoms with van der Waals surface area (Å²) in [5, 5.41) is 6.02. The van der Waals surface area contributed by atoms with Gasteiger partial charge in [-0.3, -0.25) is 9.69 Å². The Morgan fingerprint density at radius 2 is 2.06 bits per heavy atom. The van der Waals surface area contributed by atoms with Crippen LogP contribution in [0.15, 0.2) is 60.1 Å². The number of ether oxygens (including phenoxy) is 2. The molecule has 0 bridgehead atoms. The summed E-state index contributed by atoms with van der Waals surface area (Å²) >= 11 is 1.58. The van der Waals surface area contributed by atoms with Crippen LogP contribution >= 0.6 is 11.3 Å². The predicted molar refractivity (Wildman–Crippen MR) is 130 cm³/mol. The molecule has 0 atom stereocenters. The number of methoxy groups -OCH3 is 1. The van der Waals surface area contributed by atoms with E-state index in [1.165, 1.54) is 0 Å². The first-order valence-electron chi connectivity index (χ1n) is 11.0. The van der Waals surface area contributed by atoms with Crippen LogP contribution < -0.4 is 10.1 Å². The maximum atomic E-state index is 13.0. The third-order valence-corrected chi connectivity index (χ3v) is 6.71. The molecule has 1 fully saturated rings. The Kier molecular flexibility index (Phi) is 6.39. The first-order chi connectivity index (χ1) is 16.2. The minimum atomic E-state index is -0.0681. The molecule has 4 heterocycles. The van der Waals surface area contributed by atoms with E-state index in [2.05, 4.69) is 10.2 Å². The zero-order valence-electron chi connectivity index (χ0n) is 18.5. The van der Waals surface area contributed by atoms with Crippen molar-refractivity contribution in [3.8, 4) is 27.7 Å². The maximum Gasteiger partial charge on any atom is 0.253 e. The van der Waals surface area contributed by atoms with Crippen LogP contribution in [-0.4, -0.2) is 66.7 Å². The van der Waals surface area contributed by atoms with Gasteiger partial charge in [0.05, 0.1) is 42.8 Å². The van der Waals surface area contributed by atoms with E-state index in [1.807, 2.05) is 64.5 Å². The number of nitrogens with one attached hydrogen (secondary N) is 1. The minimum Gasteiger partial charge on any atom is -0.497 e. The Bertz CT molecular complexity index is 1260. The Hall–Kier alpha value is -3.20. The van der Waals surface area contributed by atoms with Crippen LogP contribution in [0, 0.1) is 0 Å². The Morgan fingerprint density at radius 3 is 2.91 bits per heavy atom. The molecule has 8 heteroatoms. The van der Waals surface area contributed by atoms with E-state index in [1.54, 1.807) is 18.4 Å². The monoisotopic (exact) mass is 462 g/mol.